The first kappa shape index (κ1) is 18.7. The Labute approximate surface area is 159 Å². The molecule has 0 unspecified atom stereocenters. The van der Waals surface area contributed by atoms with Crippen LogP contribution in [0.15, 0.2) is 35.5 Å². The fraction of sp³-hybridized carbons (Fsp3) is 0.450. The zero-order chi connectivity index (χ0) is 18.5. The number of anilines is 1. The molecule has 26 heavy (non-hydrogen) atoms. The Morgan fingerprint density at radius 1 is 1.15 bits per heavy atom. The third-order valence-electron chi connectivity index (χ3n) is 4.64. The lowest BCUT2D eigenvalue weighted by atomic mass is 10.0. The fourth-order valence-corrected chi connectivity index (χ4v) is 4.06. The number of piperidine rings is 1. The number of rotatable bonds is 5. The van der Waals surface area contributed by atoms with Crippen LogP contribution >= 0.6 is 11.8 Å². The number of nitrogens with zero attached hydrogens (tertiary/aromatic N) is 3. The van der Waals surface area contributed by atoms with E-state index in [9.17, 15) is 4.79 Å². The molecule has 0 aliphatic carbocycles. The Balaban J connectivity index is 1.47. The molecule has 1 N–H and O–H groups in total. The van der Waals surface area contributed by atoms with E-state index in [0.29, 0.717) is 17.0 Å². The van der Waals surface area contributed by atoms with Gasteiger partial charge in [-0.3, -0.25) is 4.79 Å². The second-order valence-electron chi connectivity index (χ2n) is 6.84. The van der Waals surface area contributed by atoms with Gasteiger partial charge < -0.3 is 10.2 Å². The molecule has 3 rings (SSSR count). The lowest BCUT2D eigenvalue weighted by Crippen LogP contribution is -2.43. The van der Waals surface area contributed by atoms with Crippen molar-refractivity contribution < 1.29 is 4.79 Å². The molecule has 1 aromatic heterocycles. The van der Waals surface area contributed by atoms with Gasteiger partial charge in [0.1, 0.15) is 0 Å². The Kier molecular flexibility index (Phi) is 6.14. The highest BCUT2D eigenvalue weighted by Gasteiger charge is 2.23. The predicted octanol–water partition coefficient (Wildman–Crippen LogP) is 3.60. The van der Waals surface area contributed by atoms with Crippen molar-refractivity contribution in [3.8, 4) is 0 Å². The highest BCUT2D eigenvalue weighted by atomic mass is 32.2. The average molecular weight is 371 g/mol. The SMILES string of the molecule is Cc1cc(C)nc(SCC(=O)N2CCC(Nc3ccccc3C)CC2)n1. The van der Waals surface area contributed by atoms with Gasteiger partial charge >= 0.3 is 0 Å². The highest BCUT2D eigenvalue weighted by Crippen LogP contribution is 2.21. The topological polar surface area (TPSA) is 58.1 Å². The van der Waals surface area contributed by atoms with Crippen molar-refractivity contribution in [2.45, 2.75) is 44.8 Å². The lowest BCUT2D eigenvalue weighted by molar-refractivity contribution is -0.129. The summed E-state index contributed by atoms with van der Waals surface area (Å²) in [6, 6.07) is 10.7. The number of para-hydroxylation sites is 1. The molecular formula is C20H26N4OS. The number of hydrogen-bond donors (Lipinski definition) is 1. The molecule has 0 atom stereocenters. The number of hydrogen-bond acceptors (Lipinski definition) is 5. The molecule has 5 nitrogen and oxygen atoms in total. The normalized spacial score (nSPS) is 15.1. The van der Waals surface area contributed by atoms with Crippen molar-refractivity contribution in [2.75, 3.05) is 24.2 Å². The molecule has 1 amide bonds. The fourth-order valence-electron chi connectivity index (χ4n) is 3.20. The molecule has 6 heteroatoms. The minimum Gasteiger partial charge on any atom is -0.382 e. The minimum atomic E-state index is 0.173. The summed E-state index contributed by atoms with van der Waals surface area (Å²) in [5.74, 6) is 0.575. The second-order valence-corrected chi connectivity index (χ2v) is 7.78. The molecule has 138 valence electrons. The summed E-state index contributed by atoms with van der Waals surface area (Å²) in [6.45, 7) is 7.63. The van der Waals surface area contributed by atoms with Crippen molar-refractivity contribution in [2.24, 2.45) is 0 Å². The van der Waals surface area contributed by atoms with E-state index in [4.69, 9.17) is 0 Å². The third-order valence-corrected chi connectivity index (χ3v) is 5.47. The summed E-state index contributed by atoms with van der Waals surface area (Å²) >= 11 is 1.43. The Hall–Kier alpha value is -2.08. The smallest absolute Gasteiger partial charge is 0.233 e. The number of carbonyl (C=O) groups is 1. The van der Waals surface area contributed by atoms with Crippen molar-refractivity contribution in [3.63, 3.8) is 0 Å². The third kappa shape index (κ3) is 4.97. The van der Waals surface area contributed by atoms with E-state index in [1.165, 1.54) is 23.0 Å². The van der Waals surface area contributed by atoms with E-state index >= 15 is 0 Å². The highest BCUT2D eigenvalue weighted by molar-refractivity contribution is 7.99. The van der Waals surface area contributed by atoms with Gasteiger partial charge in [-0.05, 0) is 51.3 Å². The number of likely N-dealkylation sites (tertiary alicyclic amines) is 1. The number of aromatic nitrogens is 2. The minimum absolute atomic E-state index is 0.173. The van der Waals surface area contributed by atoms with Gasteiger partial charge in [0.2, 0.25) is 5.91 Å². The standard InChI is InChI=1S/C20H26N4OS/c1-14-6-4-5-7-18(14)23-17-8-10-24(11-9-17)19(25)13-26-20-21-15(2)12-16(3)22-20/h4-7,12,17,23H,8-11,13H2,1-3H3. The first-order chi connectivity index (χ1) is 12.5. The van der Waals surface area contributed by atoms with Crippen LogP contribution in [0.1, 0.15) is 29.8 Å². The lowest BCUT2D eigenvalue weighted by Gasteiger charge is -2.33. The summed E-state index contributed by atoms with van der Waals surface area (Å²) in [7, 11) is 0. The van der Waals surface area contributed by atoms with Gasteiger partial charge in [-0.1, -0.05) is 30.0 Å². The van der Waals surface area contributed by atoms with E-state index < -0.39 is 0 Å². The maximum atomic E-state index is 12.5. The van der Waals surface area contributed by atoms with Crippen molar-refractivity contribution in [3.05, 3.63) is 47.3 Å². The van der Waals surface area contributed by atoms with Gasteiger partial charge in [0.25, 0.3) is 0 Å². The molecule has 1 aromatic carbocycles. The van der Waals surface area contributed by atoms with Gasteiger partial charge in [-0.15, -0.1) is 0 Å². The van der Waals surface area contributed by atoms with E-state index in [1.807, 2.05) is 24.8 Å². The largest absolute Gasteiger partial charge is 0.382 e. The predicted molar refractivity (Wildman–Crippen MR) is 107 cm³/mol. The molecule has 0 bridgehead atoms. The van der Waals surface area contributed by atoms with Gasteiger partial charge in [0.05, 0.1) is 5.75 Å². The maximum absolute atomic E-state index is 12.5. The van der Waals surface area contributed by atoms with Crippen LogP contribution in [-0.2, 0) is 4.79 Å². The van der Waals surface area contributed by atoms with Crippen LogP contribution in [0.5, 0.6) is 0 Å². The quantitative estimate of drug-likeness (QED) is 0.644. The average Bonchev–Trinajstić information content (AvgIpc) is 2.61. The molecule has 2 aromatic rings. The number of aryl methyl sites for hydroxylation is 3. The summed E-state index contributed by atoms with van der Waals surface area (Å²) in [5.41, 5.74) is 4.33. The molecule has 1 aliphatic rings. The maximum Gasteiger partial charge on any atom is 0.233 e. The zero-order valence-corrected chi connectivity index (χ0v) is 16.5. The Bertz CT molecular complexity index is 752. The van der Waals surface area contributed by atoms with Crippen LogP contribution in [-0.4, -0.2) is 45.7 Å². The van der Waals surface area contributed by atoms with Crippen LogP contribution in [0.2, 0.25) is 0 Å². The van der Waals surface area contributed by atoms with Crippen LogP contribution in [0, 0.1) is 20.8 Å². The van der Waals surface area contributed by atoms with Gasteiger partial charge in [-0.25, -0.2) is 9.97 Å². The Morgan fingerprint density at radius 3 is 2.46 bits per heavy atom. The number of amides is 1. The molecule has 1 saturated heterocycles. The monoisotopic (exact) mass is 370 g/mol. The van der Waals surface area contributed by atoms with E-state index in [2.05, 4.69) is 46.5 Å². The first-order valence-electron chi connectivity index (χ1n) is 9.06. The van der Waals surface area contributed by atoms with E-state index in [0.717, 1.165) is 37.3 Å². The molecule has 2 heterocycles. The second kappa shape index (κ2) is 8.54. The van der Waals surface area contributed by atoms with E-state index in [1.54, 1.807) is 0 Å². The first-order valence-corrected chi connectivity index (χ1v) is 10.0. The summed E-state index contributed by atoms with van der Waals surface area (Å²) in [6.07, 6.45) is 1.95. The van der Waals surface area contributed by atoms with E-state index in [-0.39, 0.29) is 5.91 Å². The molecule has 1 fully saturated rings. The van der Waals surface area contributed by atoms with Crippen molar-refractivity contribution in [1.29, 1.82) is 0 Å². The molecule has 0 spiro atoms. The van der Waals surface area contributed by atoms with Crippen LogP contribution < -0.4 is 5.32 Å². The van der Waals surface area contributed by atoms with Crippen LogP contribution in [0.3, 0.4) is 0 Å². The number of nitrogens with one attached hydrogen (secondary N) is 1. The number of benzene rings is 1. The number of carbonyl (C=O) groups excluding carboxylic acids is 1. The van der Waals surface area contributed by atoms with Gasteiger partial charge in [0.15, 0.2) is 5.16 Å². The molecule has 0 radical (unpaired) electrons. The Morgan fingerprint density at radius 2 is 1.81 bits per heavy atom. The van der Waals surface area contributed by atoms with Crippen LogP contribution in [0.25, 0.3) is 0 Å². The summed E-state index contributed by atoms with van der Waals surface area (Å²) in [4.78, 5) is 23.2. The molecular weight excluding hydrogens is 344 g/mol. The van der Waals surface area contributed by atoms with Crippen molar-refractivity contribution in [1.82, 2.24) is 14.9 Å². The van der Waals surface area contributed by atoms with Gasteiger partial charge in [0, 0.05) is 36.2 Å². The molecule has 0 saturated carbocycles. The number of thioether (sulfide) groups is 1. The molecule has 1 aliphatic heterocycles. The van der Waals surface area contributed by atoms with Gasteiger partial charge in [-0.2, -0.15) is 0 Å². The zero-order valence-electron chi connectivity index (χ0n) is 15.7. The summed E-state index contributed by atoms with van der Waals surface area (Å²) in [5, 5.41) is 4.30. The summed E-state index contributed by atoms with van der Waals surface area (Å²) < 4.78 is 0. The van der Waals surface area contributed by atoms with Crippen LogP contribution in [0.4, 0.5) is 5.69 Å². The van der Waals surface area contributed by atoms with Crippen molar-refractivity contribution >= 4 is 23.4 Å².